The van der Waals surface area contributed by atoms with E-state index in [4.69, 9.17) is 33.4 Å². The predicted octanol–water partition coefficient (Wildman–Crippen LogP) is -5.16. The third-order valence-electron chi connectivity index (χ3n) is 0.592. The van der Waals surface area contributed by atoms with Gasteiger partial charge in [0.15, 0.2) is 0 Å². The summed E-state index contributed by atoms with van der Waals surface area (Å²) in [6, 6.07) is 0. The molecule has 10 heavy (non-hydrogen) atoms. The SMILES string of the molecule is N[N+](P(N)N)=P(N)(N)N.[Cl-]. The quantitative estimate of drug-likeness (QED) is 0.143. The van der Waals surface area contributed by atoms with Crippen LogP contribution in [0.5, 0.6) is 0 Å². The molecule has 0 atom stereocenters. The molecule has 0 aromatic rings. The first kappa shape index (κ1) is 13.3. The largest absolute Gasteiger partial charge is 1.00 e. The molecule has 0 bridgehead atoms. The van der Waals surface area contributed by atoms with Crippen LogP contribution in [-0.4, -0.2) is 4.21 Å². The molecule has 7 nitrogen and oxygen atoms in total. The fraction of sp³-hybridized carbons (Fsp3) is 0. The molecule has 64 valence electrons. The van der Waals surface area contributed by atoms with Gasteiger partial charge >= 0.3 is 15.9 Å². The van der Waals surface area contributed by atoms with Crippen LogP contribution in [0, 0.1) is 0 Å². The minimum atomic E-state index is -2.67. The van der Waals surface area contributed by atoms with Crippen LogP contribution in [0.1, 0.15) is 0 Å². The first-order chi connectivity index (χ1) is 3.85. The molecule has 0 saturated carbocycles. The first-order valence-electron chi connectivity index (χ1n) is 1.95. The van der Waals surface area contributed by atoms with Crippen molar-refractivity contribution in [3.63, 3.8) is 0 Å². The lowest BCUT2D eigenvalue weighted by molar-refractivity contribution is -0.356. The van der Waals surface area contributed by atoms with Gasteiger partial charge in [-0.05, 0) is 0 Å². The Labute approximate surface area is 66.6 Å². The van der Waals surface area contributed by atoms with Gasteiger partial charge in [0.05, 0.1) is 0 Å². The maximum absolute atomic E-state index is 5.20. The maximum Gasteiger partial charge on any atom is 0.361 e. The maximum atomic E-state index is 5.20. The van der Waals surface area contributed by atoms with Crippen LogP contribution in [0.3, 0.4) is 0 Å². The highest BCUT2D eigenvalue weighted by Crippen LogP contribution is 2.26. The zero-order valence-electron chi connectivity index (χ0n) is 5.18. The number of rotatable bonds is 1. The molecular weight excluding hydrogens is 195 g/mol. The van der Waals surface area contributed by atoms with Crippen molar-refractivity contribution in [3.05, 3.63) is 0 Å². The Morgan fingerprint density at radius 3 is 1.40 bits per heavy atom. The molecule has 12 N–H and O–H groups in total. The molecule has 0 rings (SSSR count). The molecule has 0 unspecified atom stereocenters. The van der Waals surface area contributed by atoms with E-state index < -0.39 is 15.9 Å². The van der Waals surface area contributed by atoms with E-state index >= 15 is 0 Å². The second kappa shape index (κ2) is 4.56. The Kier molecular flexibility index (Phi) is 6.07. The Morgan fingerprint density at radius 1 is 1.10 bits per heavy atom. The molecule has 0 aromatic heterocycles. The number of hydrazine groups is 1. The van der Waals surface area contributed by atoms with E-state index in [-0.39, 0.29) is 12.4 Å². The minimum Gasteiger partial charge on any atom is -1.00 e. The van der Waals surface area contributed by atoms with Crippen LogP contribution >= 0.6 is 15.9 Å². The van der Waals surface area contributed by atoms with Crippen molar-refractivity contribution in [1.29, 1.82) is 0 Å². The zero-order chi connectivity index (χ0) is 7.65. The second-order valence-electron chi connectivity index (χ2n) is 1.49. The van der Waals surface area contributed by atoms with Crippen molar-refractivity contribution in [2.24, 2.45) is 33.4 Å². The Hall–Kier alpha value is 0.710. The van der Waals surface area contributed by atoms with Crippen molar-refractivity contribution in [2.45, 2.75) is 0 Å². The summed E-state index contributed by atoms with van der Waals surface area (Å²) < 4.78 is 0.919. The number of halogens is 1. The van der Waals surface area contributed by atoms with Gasteiger partial charge in [-0.15, -0.1) is 5.84 Å². The third kappa shape index (κ3) is 4.51. The van der Waals surface area contributed by atoms with Gasteiger partial charge in [0, 0.05) is 0 Å². The van der Waals surface area contributed by atoms with Crippen molar-refractivity contribution in [1.82, 2.24) is 0 Å². The van der Waals surface area contributed by atoms with E-state index in [0.717, 1.165) is 4.21 Å². The number of nitrogens with zero attached hydrogens (tertiary/aromatic N) is 1. The normalized spacial score (nSPS) is 11.1. The summed E-state index contributed by atoms with van der Waals surface area (Å²) >= 11 is 0. The molecule has 0 aliphatic heterocycles. The van der Waals surface area contributed by atoms with Gasteiger partial charge in [-0.1, -0.05) is 4.21 Å². The summed E-state index contributed by atoms with van der Waals surface area (Å²) in [7, 11) is -4.14. The van der Waals surface area contributed by atoms with Gasteiger partial charge in [0.25, 0.3) is 0 Å². The standard InChI is InChI=1S/ClH.H11N7P2/c;1-7(8(2)3)9(4,5)6/h1H;1-3H2,(H5,4,5,6). The van der Waals surface area contributed by atoms with Gasteiger partial charge in [0.2, 0.25) is 0 Å². The Balaban J connectivity index is 0. The summed E-state index contributed by atoms with van der Waals surface area (Å²) in [5.41, 5.74) is 25.9. The minimum absolute atomic E-state index is 0. The Bertz CT molecular complexity index is 135. The molecule has 0 saturated heterocycles. The van der Waals surface area contributed by atoms with Crippen LogP contribution in [0.2, 0.25) is 0 Å². The monoisotopic (exact) mass is 207 g/mol. The van der Waals surface area contributed by atoms with Crippen LogP contribution < -0.4 is 45.8 Å². The van der Waals surface area contributed by atoms with Crippen LogP contribution in [0.15, 0.2) is 0 Å². The van der Waals surface area contributed by atoms with Crippen LogP contribution in [-0.2, 0) is 0 Å². The van der Waals surface area contributed by atoms with Crippen molar-refractivity contribution in [3.8, 4) is 0 Å². The van der Waals surface area contributed by atoms with Crippen LogP contribution in [0.4, 0.5) is 0 Å². The highest BCUT2D eigenvalue weighted by Gasteiger charge is 2.18. The van der Waals surface area contributed by atoms with Crippen LogP contribution in [0.25, 0.3) is 0 Å². The smallest absolute Gasteiger partial charge is 0.361 e. The molecule has 0 radical (unpaired) electrons. The van der Waals surface area contributed by atoms with Gasteiger partial charge in [0.1, 0.15) is 0 Å². The van der Waals surface area contributed by atoms with Gasteiger partial charge in [-0.3, -0.25) is 0 Å². The average Bonchev–Trinajstić information content (AvgIpc) is 1.62. The second-order valence-corrected chi connectivity index (χ2v) is 5.02. The summed E-state index contributed by atoms with van der Waals surface area (Å²) in [6.07, 6.45) is 0. The molecule has 0 aromatic carbocycles. The number of hydrogen-bond acceptors (Lipinski definition) is 2. The van der Waals surface area contributed by atoms with E-state index in [1.54, 1.807) is 0 Å². The van der Waals surface area contributed by atoms with Crippen molar-refractivity contribution in [2.75, 3.05) is 0 Å². The molecular formula is H12ClN7P2. The van der Waals surface area contributed by atoms with E-state index in [1.165, 1.54) is 0 Å². The highest BCUT2D eigenvalue weighted by atomic mass is 35.5. The lowest BCUT2D eigenvalue weighted by atomic mass is 13.0. The topological polar surface area (TPSA) is 159 Å². The van der Waals surface area contributed by atoms with Gasteiger partial charge < -0.3 is 12.4 Å². The summed E-state index contributed by atoms with van der Waals surface area (Å²) in [4.78, 5) is 0. The molecule has 0 heterocycles. The van der Waals surface area contributed by atoms with Gasteiger partial charge in [-0.2, -0.15) is 0 Å². The predicted molar refractivity (Wildman–Crippen MR) is 39.2 cm³/mol. The summed E-state index contributed by atoms with van der Waals surface area (Å²) in [5.74, 6) is 5.18. The van der Waals surface area contributed by atoms with E-state index in [9.17, 15) is 0 Å². The van der Waals surface area contributed by atoms with E-state index in [2.05, 4.69) is 0 Å². The molecule has 0 aliphatic rings. The molecule has 0 amide bonds. The molecule has 0 aliphatic carbocycles. The summed E-state index contributed by atoms with van der Waals surface area (Å²) in [5, 5.41) is 0. The zero-order valence-corrected chi connectivity index (χ0v) is 7.73. The average molecular weight is 208 g/mol. The molecule has 0 spiro atoms. The lowest BCUT2D eigenvalue weighted by Crippen LogP contribution is -3.00. The third-order valence-corrected chi connectivity index (χ3v) is 3.32. The van der Waals surface area contributed by atoms with E-state index in [1.807, 2.05) is 0 Å². The number of hydrogen-bond donors (Lipinski definition) is 6. The Morgan fingerprint density at radius 2 is 1.40 bits per heavy atom. The molecule has 0 fully saturated rings. The van der Waals surface area contributed by atoms with Crippen molar-refractivity contribution < 1.29 is 16.6 Å². The fourth-order valence-electron chi connectivity index (χ4n) is 0.179. The first-order valence-corrected chi connectivity index (χ1v) is 5.33. The fourth-order valence-corrected chi connectivity index (χ4v) is 1.61. The van der Waals surface area contributed by atoms with Gasteiger partial charge in [-0.25, -0.2) is 27.5 Å². The van der Waals surface area contributed by atoms with Crippen molar-refractivity contribution >= 4 is 15.9 Å². The lowest BCUT2D eigenvalue weighted by Gasteiger charge is -2.05. The highest BCUT2D eigenvalue weighted by molar-refractivity contribution is 7.61. The van der Waals surface area contributed by atoms with E-state index in [0.29, 0.717) is 0 Å². The summed E-state index contributed by atoms with van der Waals surface area (Å²) in [6.45, 7) is 0. The molecule has 10 heteroatoms. The number of nitrogens with two attached hydrogens (primary N) is 6.